The molecule has 0 aliphatic heterocycles. The molecule has 0 fully saturated rings. The van der Waals surface area contributed by atoms with Gasteiger partial charge >= 0.3 is 0 Å². The van der Waals surface area contributed by atoms with E-state index in [0.29, 0.717) is 18.0 Å². The van der Waals surface area contributed by atoms with Crippen molar-refractivity contribution in [3.63, 3.8) is 0 Å². The Labute approximate surface area is 153 Å². The van der Waals surface area contributed by atoms with Crippen LogP contribution in [0.2, 0.25) is 0 Å². The zero-order chi connectivity index (χ0) is 18.7. The predicted molar refractivity (Wildman–Crippen MR) is 100 cm³/mol. The van der Waals surface area contributed by atoms with Gasteiger partial charge in [0.2, 0.25) is 5.76 Å². The number of carbonyl (C=O) groups is 1. The lowest BCUT2D eigenvalue weighted by Gasteiger charge is -2.21. The van der Waals surface area contributed by atoms with E-state index in [9.17, 15) is 4.79 Å². The van der Waals surface area contributed by atoms with Crippen LogP contribution in [0.5, 0.6) is 0 Å². The van der Waals surface area contributed by atoms with Crippen LogP contribution in [0, 0.1) is 20.8 Å². The molecule has 0 saturated heterocycles. The monoisotopic (exact) mass is 349 g/mol. The third-order valence-electron chi connectivity index (χ3n) is 4.39. The smallest absolute Gasteiger partial charge is 0.289 e. The maximum Gasteiger partial charge on any atom is 0.289 e. The summed E-state index contributed by atoms with van der Waals surface area (Å²) in [6.45, 7) is 7.81. The van der Waals surface area contributed by atoms with Gasteiger partial charge < -0.3 is 9.73 Å². The minimum Gasteiger partial charge on any atom is -0.435 e. The molecule has 0 bridgehead atoms. The molecule has 1 N–H and O–H groups in total. The first-order chi connectivity index (χ1) is 12.5. The van der Waals surface area contributed by atoms with Gasteiger partial charge in [0.05, 0.1) is 11.7 Å². The number of amides is 1. The van der Waals surface area contributed by atoms with Gasteiger partial charge in [0, 0.05) is 18.8 Å². The second-order valence-corrected chi connectivity index (χ2v) is 6.43. The molecule has 0 saturated carbocycles. The summed E-state index contributed by atoms with van der Waals surface area (Å²) in [4.78, 5) is 21.4. The lowest BCUT2D eigenvalue weighted by atomic mass is 9.94. The Bertz CT molecular complexity index is 916. The molecule has 1 aromatic carbocycles. The largest absolute Gasteiger partial charge is 0.435 e. The van der Waals surface area contributed by atoms with Crippen LogP contribution in [0.25, 0.3) is 0 Å². The molecule has 26 heavy (non-hydrogen) atoms. The van der Waals surface area contributed by atoms with Crippen molar-refractivity contribution in [2.45, 2.75) is 40.2 Å². The molecule has 0 radical (unpaired) electrons. The van der Waals surface area contributed by atoms with Gasteiger partial charge in [0.1, 0.15) is 0 Å². The van der Waals surface area contributed by atoms with E-state index < -0.39 is 0 Å². The summed E-state index contributed by atoms with van der Waals surface area (Å²) >= 11 is 0. The minimum absolute atomic E-state index is 0.265. The molecule has 2 aromatic heterocycles. The third-order valence-corrected chi connectivity index (χ3v) is 4.39. The van der Waals surface area contributed by atoms with E-state index in [-0.39, 0.29) is 17.7 Å². The van der Waals surface area contributed by atoms with Crippen LogP contribution in [0.15, 0.2) is 47.1 Å². The SMILES string of the molecule is CCc1nc(C)c(C(=O)N[C@H](c2cccnc2)c2cc(C)ccc2C)o1. The molecule has 1 amide bonds. The Hall–Kier alpha value is -2.95. The maximum atomic E-state index is 12.9. The first-order valence-electron chi connectivity index (χ1n) is 8.73. The summed E-state index contributed by atoms with van der Waals surface area (Å²) in [6.07, 6.45) is 4.15. The van der Waals surface area contributed by atoms with E-state index in [2.05, 4.69) is 33.5 Å². The number of aryl methyl sites for hydroxylation is 4. The lowest BCUT2D eigenvalue weighted by molar-refractivity contribution is 0.0912. The van der Waals surface area contributed by atoms with Crippen LogP contribution in [0.4, 0.5) is 0 Å². The summed E-state index contributed by atoms with van der Waals surface area (Å²) < 4.78 is 5.61. The summed E-state index contributed by atoms with van der Waals surface area (Å²) in [5, 5.41) is 3.10. The van der Waals surface area contributed by atoms with Crippen LogP contribution < -0.4 is 5.32 Å². The van der Waals surface area contributed by atoms with E-state index in [1.54, 1.807) is 19.3 Å². The zero-order valence-electron chi connectivity index (χ0n) is 15.5. The molecular formula is C21H23N3O2. The van der Waals surface area contributed by atoms with Gasteiger partial charge in [-0.25, -0.2) is 4.98 Å². The number of nitrogens with one attached hydrogen (secondary N) is 1. The number of pyridine rings is 1. The highest BCUT2D eigenvalue weighted by atomic mass is 16.4. The highest BCUT2D eigenvalue weighted by molar-refractivity contribution is 5.93. The Morgan fingerprint density at radius 2 is 2.04 bits per heavy atom. The third kappa shape index (κ3) is 3.67. The van der Waals surface area contributed by atoms with Crippen molar-refractivity contribution in [1.29, 1.82) is 0 Å². The number of hydrogen-bond acceptors (Lipinski definition) is 4. The van der Waals surface area contributed by atoms with Gasteiger partial charge in [-0.1, -0.05) is 36.8 Å². The predicted octanol–water partition coefficient (Wildman–Crippen LogP) is 4.08. The normalized spacial score (nSPS) is 12.0. The highest BCUT2D eigenvalue weighted by Gasteiger charge is 2.23. The fourth-order valence-corrected chi connectivity index (χ4v) is 2.97. The number of aromatic nitrogens is 2. The first-order valence-corrected chi connectivity index (χ1v) is 8.73. The fraction of sp³-hybridized carbons (Fsp3) is 0.286. The molecule has 5 heteroatoms. The minimum atomic E-state index is -0.314. The lowest BCUT2D eigenvalue weighted by Crippen LogP contribution is -2.30. The van der Waals surface area contributed by atoms with Crippen LogP contribution in [-0.4, -0.2) is 15.9 Å². The van der Waals surface area contributed by atoms with Crippen LogP contribution in [0.3, 0.4) is 0 Å². The van der Waals surface area contributed by atoms with Crippen molar-refractivity contribution < 1.29 is 9.21 Å². The summed E-state index contributed by atoms with van der Waals surface area (Å²) in [5.41, 5.74) is 4.80. The fourth-order valence-electron chi connectivity index (χ4n) is 2.97. The number of benzene rings is 1. The van der Waals surface area contributed by atoms with Gasteiger partial charge in [0.15, 0.2) is 5.89 Å². The molecule has 3 aromatic rings. The number of hydrogen-bond donors (Lipinski definition) is 1. The van der Waals surface area contributed by atoms with Crippen molar-refractivity contribution in [3.8, 4) is 0 Å². The first kappa shape index (κ1) is 17.9. The topological polar surface area (TPSA) is 68.0 Å². The van der Waals surface area contributed by atoms with Crippen molar-refractivity contribution in [3.05, 3.63) is 82.3 Å². The molecule has 1 atom stereocenters. The Morgan fingerprint density at radius 3 is 2.69 bits per heavy atom. The van der Waals surface area contributed by atoms with Crippen LogP contribution in [0.1, 0.15) is 57.4 Å². The molecule has 0 aliphatic rings. The molecular weight excluding hydrogens is 326 g/mol. The second-order valence-electron chi connectivity index (χ2n) is 6.43. The van der Waals surface area contributed by atoms with E-state index in [0.717, 1.165) is 22.3 Å². The number of carbonyl (C=O) groups excluding carboxylic acids is 1. The van der Waals surface area contributed by atoms with E-state index in [1.165, 1.54) is 0 Å². The van der Waals surface area contributed by atoms with Gasteiger partial charge in [-0.2, -0.15) is 0 Å². The molecule has 3 rings (SSSR count). The maximum absolute atomic E-state index is 12.9. The molecule has 0 aliphatic carbocycles. The summed E-state index contributed by atoms with van der Waals surface area (Å²) in [6, 6.07) is 9.74. The Morgan fingerprint density at radius 1 is 1.23 bits per heavy atom. The zero-order valence-corrected chi connectivity index (χ0v) is 15.5. The van der Waals surface area contributed by atoms with Crippen LogP contribution in [-0.2, 0) is 6.42 Å². The molecule has 0 spiro atoms. The van der Waals surface area contributed by atoms with Gasteiger partial charge in [0.25, 0.3) is 5.91 Å². The van der Waals surface area contributed by atoms with Crippen molar-refractivity contribution in [1.82, 2.24) is 15.3 Å². The van der Waals surface area contributed by atoms with Gasteiger partial charge in [-0.3, -0.25) is 9.78 Å². The molecule has 2 heterocycles. The van der Waals surface area contributed by atoms with Crippen LogP contribution >= 0.6 is 0 Å². The van der Waals surface area contributed by atoms with E-state index in [4.69, 9.17) is 4.42 Å². The Kier molecular flexibility index (Phi) is 5.16. The quantitative estimate of drug-likeness (QED) is 0.754. The average molecular weight is 349 g/mol. The van der Waals surface area contributed by atoms with Crippen molar-refractivity contribution in [2.24, 2.45) is 0 Å². The van der Waals surface area contributed by atoms with E-state index in [1.807, 2.05) is 32.9 Å². The number of nitrogens with zero attached hydrogens (tertiary/aromatic N) is 2. The highest BCUT2D eigenvalue weighted by Crippen LogP contribution is 2.26. The van der Waals surface area contributed by atoms with Gasteiger partial charge in [-0.15, -0.1) is 0 Å². The number of oxazole rings is 1. The molecule has 0 unspecified atom stereocenters. The Balaban J connectivity index is 2.00. The summed E-state index contributed by atoms with van der Waals surface area (Å²) in [7, 11) is 0. The van der Waals surface area contributed by atoms with Crippen molar-refractivity contribution >= 4 is 5.91 Å². The molecule has 134 valence electrons. The standard InChI is InChI=1S/C21H23N3O2/c1-5-18-23-15(4)20(26-18)21(25)24-19(16-7-6-10-22-12-16)17-11-13(2)8-9-14(17)3/h6-12,19H,5H2,1-4H3,(H,24,25)/t19-/m1/s1. The second kappa shape index (κ2) is 7.52. The van der Waals surface area contributed by atoms with E-state index >= 15 is 0 Å². The van der Waals surface area contributed by atoms with Gasteiger partial charge in [-0.05, 0) is 43.5 Å². The average Bonchev–Trinajstić information content (AvgIpc) is 3.03. The molecule has 5 nitrogen and oxygen atoms in total. The summed E-state index contributed by atoms with van der Waals surface area (Å²) in [5.74, 6) is 0.558. The van der Waals surface area contributed by atoms with Crippen molar-refractivity contribution in [2.75, 3.05) is 0 Å². The number of rotatable bonds is 5.